The summed E-state index contributed by atoms with van der Waals surface area (Å²) >= 11 is 18.2. The van der Waals surface area contributed by atoms with Crippen LogP contribution in [0.3, 0.4) is 0 Å². The third-order valence-electron chi connectivity index (χ3n) is 4.85. The van der Waals surface area contributed by atoms with Gasteiger partial charge in [0.15, 0.2) is 5.82 Å². The van der Waals surface area contributed by atoms with Crippen molar-refractivity contribution in [2.75, 3.05) is 6.54 Å². The van der Waals surface area contributed by atoms with Crippen LogP contribution in [-0.2, 0) is 11.3 Å². The van der Waals surface area contributed by atoms with E-state index >= 15 is 0 Å². The van der Waals surface area contributed by atoms with E-state index in [0.717, 1.165) is 0 Å². The maximum atomic E-state index is 12.9. The predicted molar refractivity (Wildman–Crippen MR) is 133 cm³/mol. The molecule has 0 spiro atoms. The lowest BCUT2D eigenvalue weighted by molar-refractivity contribution is -0.122. The Labute approximate surface area is 222 Å². The number of carbonyl (C=O) groups is 2. The lowest BCUT2D eigenvalue weighted by Gasteiger charge is -2.21. The number of aromatic nitrogens is 3. The number of allylic oxidation sites excluding steroid dienone is 1. The van der Waals surface area contributed by atoms with Gasteiger partial charge in [0.25, 0.3) is 0 Å². The molecule has 1 unspecified atom stereocenters. The molecule has 0 saturated heterocycles. The second-order valence-corrected chi connectivity index (χ2v) is 8.73. The summed E-state index contributed by atoms with van der Waals surface area (Å²) in [5.74, 6) is -0.915. The summed E-state index contributed by atoms with van der Waals surface area (Å²) in [5, 5.41) is 9.65. The number of hydrogen-bond acceptors (Lipinski definition) is 4. The lowest BCUT2D eigenvalue weighted by atomic mass is 10.1. The Morgan fingerprint density at radius 2 is 1.78 bits per heavy atom. The molecule has 0 fully saturated rings. The van der Waals surface area contributed by atoms with Gasteiger partial charge in [0.05, 0.1) is 16.1 Å². The maximum absolute atomic E-state index is 12.9. The molecule has 1 aromatic heterocycles. The van der Waals surface area contributed by atoms with Gasteiger partial charge in [-0.3, -0.25) is 4.79 Å². The molecule has 15 heteroatoms. The Kier molecular flexibility index (Phi) is 8.89. The Balaban J connectivity index is 1.94. The Bertz CT molecular complexity index is 1390. The van der Waals surface area contributed by atoms with Crippen molar-refractivity contribution >= 4 is 52.9 Å². The number of urea groups is 1. The van der Waals surface area contributed by atoms with E-state index in [1.54, 1.807) is 12.1 Å². The van der Waals surface area contributed by atoms with E-state index in [1.807, 2.05) is 0 Å². The van der Waals surface area contributed by atoms with E-state index in [4.69, 9.17) is 40.5 Å². The normalized spacial score (nSPS) is 12.5. The first kappa shape index (κ1) is 28.1. The zero-order valence-corrected chi connectivity index (χ0v) is 20.9. The van der Waals surface area contributed by atoms with Gasteiger partial charge in [-0.05, 0) is 35.9 Å². The number of hydrogen-bond donors (Lipinski definition) is 3. The topological polar surface area (TPSA) is 124 Å². The average Bonchev–Trinajstić information content (AvgIpc) is 3.12. The Morgan fingerprint density at radius 1 is 1.11 bits per heavy atom. The predicted octanol–water partition coefficient (Wildman–Crippen LogP) is 4.23. The number of carbonyl (C=O) groups excluding carboxylic acids is 2. The van der Waals surface area contributed by atoms with E-state index in [9.17, 15) is 27.6 Å². The number of nitrogens with two attached hydrogens (primary N) is 1. The number of primary amides is 1. The Morgan fingerprint density at radius 3 is 2.41 bits per heavy atom. The van der Waals surface area contributed by atoms with Crippen LogP contribution in [0.25, 0.3) is 17.6 Å². The largest absolute Gasteiger partial charge is 0.411 e. The van der Waals surface area contributed by atoms with Crippen molar-refractivity contribution in [1.82, 2.24) is 25.0 Å². The number of nitrogens with zero attached hydrogens (tertiary/aromatic N) is 3. The molecule has 0 bridgehead atoms. The van der Waals surface area contributed by atoms with Crippen LogP contribution in [0.1, 0.15) is 11.6 Å². The van der Waals surface area contributed by atoms with Gasteiger partial charge in [-0.25, -0.2) is 18.8 Å². The van der Waals surface area contributed by atoms with Crippen LogP contribution < -0.4 is 22.1 Å². The minimum atomic E-state index is -4.70. The lowest BCUT2D eigenvalue weighted by Crippen LogP contribution is -2.42. The van der Waals surface area contributed by atoms with Crippen LogP contribution in [0.5, 0.6) is 0 Å². The zero-order valence-electron chi connectivity index (χ0n) is 18.6. The molecule has 1 atom stereocenters. The van der Waals surface area contributed by atoms with Gasteiger partial charge in [0, 0.05) is 29.4 Å². The van der Waals surface area contributed by atoms with Crippen molar-refractivity contribution in [3.05, 3.63) is 79.7 Å². The van der Waals surface area contributed by atoms with Gasteiger partial charge in [0.1, 0.15) is 6.54 Å². The van der Waals surface area contributed by atoms with Crippen molar-refractivity contribution in [1.29, 1.82) is 0 Å². The first-order chi connectivity index (χ1) is 17.4. The fourth-order valence-electron chi connectivity index (χ4n) is 3.22. The number of halogens is 6. The summed E-state index contributed by atoms with van der Waals surface area (Å²) in [6.45, 7) is -0.841. The molecular formula is C22H18Cl3F3N6O3. The van der Waals surface area contributed by atoms with Crippen molar-refractivity contribution in [2.24, 2.45) is 5.73 Å². The first-order valence-electron chi connectivity index (χ1n) is 10.3. The smallest absolute Gasteiger partial charge is 0.352 e. The molecule has 3 aromatic rings. The van der Waals surface area contributed by atoms with Crippen LogP contribution in [0.4, 0.5) is 18.0 Å². The number of alkyl halides is 3. The molecule has 9 nitrogen and oxygen atoms in total. The van der Waals surface area contributed by atoms with Crippen LogP contribution in [0, 0.1) is 0 Å². The quantitative estimate of drug-likeness (QED) is 0.371. The van der Waals surface area contributed by atoms with Gasteiger partial charge < -0.3 is 16.4 Å². The van der Waals surface area contributed by atoms with E-state index in [0.29, 0.717) is 26.0 Å². The summed E-state index contributed by atoms with van der Waals surface area (Å²) in [4.78, 5) is 37.0. The molecule has 1 heterocycles. The Hall–Kier alpha value is -3.48. The van der Waals surface area contributed by atoms with Gasteiger partial charge in [-0.2, -0.15) is 13.2 Å². The van der Waals surface area contributed by atoms with Gasteiger partial charge in [0.2, 0.25) is 5.91 Å². The van der Waals surface area contributed by atoms with Crippen molar-refractivity contribution < 1.29 is 22.8 Å². The molecule has 196 valence electrons. The van der Waals surface area contributed by atoms with E-state index < -0.39 is 36.4 Å². The van der Waals surface area contributed by atoms with Crippen molar-refractivity contribution in [3.63, 3.8) is 0 Å². The van der Waals surface area contributed by atoms with Crippen molar-refractivity contribution in [2.45, 2.75) is 18.8 Å². The minimum absolute atomic E-state index is 0.115. The van der Waals surface area contributed by atoms with Crippen LogP contribution in [-0.4, -0.2) is 39.0 Å². The monoisotopic (exact) mass is 576 g/mol. The third-order valence-corrected chi connectivity index (χ3v) is 5.94. The second kappa shape index (κ2) is 11.7. The van der Waals surface area contributed by atoms with E-state index in [1.165, 1.54) is 30.3 Å². The molecule has 0 saturated carbocycles. The summed E-state index contributed by atoms with van der Waals surface area (Å²) in [6.07, 6.45) is -4.32. The average molecular weight is 578 g/mol. The fourth-order valence-corrected chi connectivity index (χ4v) is 3.78. The molecule has 0 aliphatic carbocycles. The molecule has 4 N–H and O–H groups in total. The highest BCUT2D eigenvalue weighted by atomic mass is 35.5. The van der Waals surface area contributed by atoms with Crippen LogP contribution >= 0.6 is 34.8 Å². The SMILES string of the molecule is NC(=O)NCC(NC(=O)Cn1nc(-c2ccc(Cl)cc2)n(/C=C/C(F)(F)F)c1=O)c1cccc(Cl)c1Cl. The summed E-state index contributed by atoms with van der Waals surface area (Å²) in [6, 6.07) is 8.73. The molecule has 0 aliphatic heterocycles. The standard InChI is InChI=1S/C22H18Cl3F3N6O3/c23-13-6-4-12(5-7-13)19-32-34(21(37)33(19)9-8-22(26,27)28)11-17(35)31-16(10-30-20(29)36)14-2-1-3-15(24)18(14)25/h1-9,16H,10-11H2,(H,31,35)(H3,29,30,36)/b9-8+. The fraction of sp³-hybridized carbons (Fsp3) is 0.182. The van der Waals surface area contributed by atoms with Gasteiger partial charge in [-0.1, -0.05) is 46.9 Å². The number of benzene rings is 2. The minimum Gasteiger partial charge on any atom is -0.352 e. The first-order valence-corrected chi connectivity index (χ1v) is 11.5. The van der Waals surface area contributed by atoms with Crippen molar-refractivity contribution in [3.8, 4) is 11.4 Å². The molecule has 0 radical (unpaired) electrons. The molecular weight excluding hydrogens is 560 g/mol. The zero-order chi connectivity index (χ0) is 27.3. The summed E-state index contributed by atoms with van der Waals surface area (Å²) < 4.78 is 39.8. The molecule has 0 aliphatic rings. The van der Waals surface area contributed by atoms with Crippen LogP contribution in [0.15, 0.2) is 53.3 Å². The maximum Gasteiger partial charge on any atom is 0.411 e. The summed E-state index contributed by atoms with van der Waals surface area (Å²) in [7, 11) is 0. The highest BCUT2D eigenvalue weighted by Gasteiger charge is 2.24. The molecule has 3 amide bonds. The molecule has 2 aromatic carbocycles. The van der Waals surface area contributed by atoms with Crippen LogP contribution in [0.2, 0.25) is 15.1 Å². The number of nitrogens with one attached hydrogen (secondary N) is 2. The summed E-state index contributed by atoms with van der Waals surface area (Å²) in [5.41, 5.74) is 4.75. The third kappa shape index (κ3) is 7.51. The van der Waals surface area contributed by atoms with E-state index in [2.05, 4.69) is 15.7 Å². The highest BCUT2D eigenvalue weighted by molar-refractivity contribution is 6.42. The second-order valence-electron chi connectivity index (χ2n) is 7.51. The molecule has 3 rings (SSSR count). The highest BCUT2D eigenvalue weighted by Crippen LogP contribution is 2.30. The van der Waals surface area contributed by atoms with Gasteiger partial charge in [-0.15, -0.1) is 5.10 Å². The molecule has 37 heavy (non-hydrogen) atoms. The number of amides is 3. The van der Waals surface area contributed by atoms with E-state index in [-0.39, 0.29) is 34.1 Å². The van der Waals surface area contributed by atoms with Gasteiger partial charge >= 0.3 is 17.9 Å². The number of rotatable bonds is 8.